The number of fused-ring (bicyclic) bond motifs is 7. The van der Waals surface area contributed by atoms with Crippen molar-refractivity contribution in [1.82, 2.24) is 9.47 Å². The van der Waals surface area contributed by atoms with E-state index in [-0.39, 0.29) is 34.6 Å². The third-order valence-electron chi connectivity index (χ3n) is 10.1. The Labute approximate surface area is 189 Å². The van der Waals surface area contributed by atoms with E-state index < -0.39 is 0 Å². The van der Waals surface area contributed by atoms with Gasteiger partial charge in [-0.3, -0.25) is 9.59 Å². The van der Waals surface area contributed by atoms with Gasteiger partial charge in [-0.25, -0.2) is 0 Å². The average Bonchev–Trinajstić information content (AvgIpc) is 3.46. The Bertz CT molecular complexity index is 1020. The Morgan fingerprint density at radius 1 is 1.12 bits per heavy atom. The second-order valence-corrected chi connectivity index (χ2v) is 12.0. The fraction of sp³-hybridized carbons (Fsp3) is 0.769. The number of hydrogen-bond acceptors (Lipinski definition) is 5. The minimum Gasteiger partial charge on any atom is -0.462 e. The van der Waals surface area contributed by atoms with Crippen LogP contribution in [0.25, 0.3) is 0 Å². The summed E-state index contributed by atoms with van der Waals surface area (Å²) in [6.45, 7) is 6.87. The van der Waals surface area contributed by atoms with Crippen LogP contribution in [0.3, 0.4) is 0 Å². The van der Waals surface area contributed by atoms with Crippen molar-refractivity contribution in [3.63, 3.8) is 0 Å². The van der Waals surface area contributed by atoms with Gasteiger partial charge in [0.15, 0.2) is 0 Å². The van der Waals surface area contributed by atoms with Crippen molar-refractivity contribution < 1.29 is 14.3 Å². The number of aromatic nitrogens is 1. The highest BCUT2D eigenvalue weighted by Crippen LogP contribution is 2.62. The molecule has 1 spiro atoms. The summed E-state index contributed by atoms with van der Waals surface area (Å²) in [5.74, 6) is 1.80. The second kappa shape index (κ2) is 6.69. The Morgan fingerprint density at radius 2 is 2.00 bits per heavy atom. The summed E-state index contributed by atoms with van der Waals surface area (Å²) >= 11 is 0. The summed E-state index contributed by atoms with van der Waals surface area (Å²) in [5, 5.41) is 0. The van der Waals surface area contributed by atoms with Crippen LogP contribution >= 0.6 is 0 Å². The van der Waals surface area contributed by atoms with Crippen molar-refractivity contribution in [2.24, 2.45) is 29.1 Å². The van der Waals surface area contributed by atoms with Crippen molar-refractivity contribution in [3.8, 4) is 0 Å². The van der Waals surface area contributed by atoms with Crippen molar-refractivity contribution in [3.05, 3.63) is 34.2 Å². The molecular formula is C26H34N2O4. The number of ether oxygens (including phenoxy) is 2. The molecule has 5 heterocycles. The molecule has 0 unspecified atom stereocenters. The molecule has 8 atom stereocenters. The topological polar surface area (TPSA) is 64.1 Å². The van der Waals surface area contributed by atoms with Gasteiger partial charge in [0.2, 0.25) is 0 Å². The Balaban J connectivity index is 1.11. The monoisotopic (exact) mass is 438 g/mol. The predicted octanol–water partition coefficient (Wildman–Crippen LogP) is 2.79. The zero-order valence-corrected chi connectivity index (χ0v) is 19.0. The van der Waals surface area contributed by atoms with Gasteiger partial charge in [0.05, 0.1) is 18.1 Å². The standard InChI is InChI=1S/C26H34N2O4/c1-25-6-3-7-26(15-31-26)22(25)9-18-19(24(30)32-21(18)10-25)14-27-11-16-8-17(13-27)20-4-2-5-23(29)28(20)12-16/h2,4-5,16-19,21-22H,3,6-15H2,1H3/t16-,17+,18+,19+,21+,22-,25+,26+/m0/s1. The van der Waals surface area contributed by atoms with Crippen LogP contribution in [0.4, 0.5) is 0 Å². The van der Waals surface area contributed by atoms with Crippen LogP contribution in [0.1, 0.15) is 57.1 Å². The first kappa shape index (κ1) is 19.8. The van der Waals surface area contributed by atoms with Crippen LogP contribution in [0.15, 0.2) is 23.0 Å². The molecule has 0 radical (unpaired) electrons. The molecule has 5 fully saturated rings. The first-order chi connectivity index (χ1) is 15.4. The van der Waals surface area contributed by atoms with E-state index in [1.165, 1.54) is 25.0 Å². The lowest BCUT2D eigenvalue weighted by molar-refractivity contribution is -0.147. The van der Waals surface area contributed by atoms with Crippen LogP contribution in [0.5, 0.6) is 0 Å². The second-order valence-electron chi connectivity index (χ2n) is 12.0. The van der Waals surface area contributed by atoms with E-state index in [9.17, 15) is 9.59 Å². The summed E-state index contributed by atoms with van der Waals surface area (Å²) in [6, 6.07) is 5.69. The normalized spacial score (nSPS) is 46.8. The molecule has 0 aromatic carbocycles. The molecule has 6 heteroatoms. The van der Waals surface area contributed by atoms with E-state index in [2.05, 4.69) is 17.9 Å². The quantitative estimate of drug-likeness (QED) is 0.525. The SMILES string of the molecule is C[C@]12CCC[C@@]3(CO3)[C@H]1C[C@H]1[C@@H](C2)OC(=O)[C@@H]1CN1C[C@@H]2C[C@H](C1)c1cccc(=O)n1C2. The van der Waals surface area contributed by atoms with Gasteiger partial charge in [-0.15, -0.1) is 0 Å². The Hall–Kier alpha value is -1.66. The van der Waals surface area contributed by atoms with Crippen molar-refractivity contribution >= 4 is 5.97 Å². The summed E-state index contributed by atoms with van der Waals surface area (Å²) < 4.78 is 14.1. The third kappa shape index (κ3) is 2.84. The smallest absolute Gasteiger partial charge is 0.310 e. The van der Waals surface area contributed by atoms with E-state index in [1.54, 1.807) is 6.07 Å². The van der Waals surface area contributed by atoms with Crippen LogP contribution in [-0.4, -0.2) is 53.4 Å². The number of piperidine rings is 1. The average molecular weight is 439 g/mol. The first-order valence-electron chi connectivity index (χ1n) is 12.7. The third-order valence-corrected chi connectivity index (χ3v) is 10.1. The van der Waals surface area contributed by atoms with Gasteiger partial charge in [-0.1, -0.05) is 13.0 Å². The van der Waals surface area contributed by atoms with Gasteiger partial charge in [-0.2, -0.15) is 0 Å². The van der Waals surface area contributed by atoms with Gasteiger partial charge in [0.25, 0.3) is 5.56 Å². The maximum absolute atomic E-state index is 13.1. The van der Waals surface area contributed by atoms with E-state index in [0.29, 0.717) is 23.7 Å². The maximum Gasteiger partial charge on any atom is 0.310 e. The molecule has 172 valence electrons. The molecule has 7 rings (SSSR count). The maximum atomic E-state index is 13.1. The summed E-state index contributed by atoms with van der Waals surface area (Å²) in [5.41, 5.74) is 1.66. The van der Waals surface area contributed by atoms with Crippen molar-refractivity contribution in [2.45, 2.75) is 69.6 Å². The van der Waals surface area contributed by atoms with Gasteiger partial charge in [0, 0.05) is 49.8 Å². The number of pyridine rings is 1. The highest BCUT2D eigenvalue weighted by atomic mass is 16.6. The van der Waals surface area contributed by atoms with E-state index in [0.717, 1.165) is 52.0 Å². The number of nitrogens with zero attached hydrogens (tertiary/aromatic N) is 2. The molecular weight excluding hydrogens is 404 g/mol. The fourth-order valence-corrected chi connectivity index (χ4v) is 8.59. The number of carbonyl (C=O) groups excluding carboxylic acids is 1. The molecule has 2 saturated carbocycles. The predicted molar refractivity (Wildman–Crippen MR) is 118 cm³/mol. The molecule has 1 aromatic rings. The molecule has 32 heavy (non-hydrogen) atoms. The van der Waals surface area contributed by atoms with Crippen LogP contribution in [0.2, 0.25) is 0 Å². The summed E-state index contributed by atoms with van der Waals surface area (Å²) in [4.78, 5) is 27.9. The number of epoxide rings is 1. The molecule has 2 aliphatic carbocycles. The zero-order valence-electron chi connectivity index (χ0n) is 19.0. The van der Waals surface area contributed by atoms with Gasteiger partial charge in [0.1, 0.15) is 6.10 Å². The molecule has 4 aliphatic heterocycles. The molecule has 0 amide bonds. The number of likely N-dealkylation sites (tertiary alicyclic amines) is 1. The highest BCUT2D eigenvalue weighted by molar-refractivity contribution is 5.75. The van der Waals surface area contributed by atoms with Gasteiger partial charge >= 0.3 is 5.97 Å². The lowest BCUT2D eigenvalue weighted by atomic mass is 9.53. The van der Waals surface area contributed by atoms with Crippen molar-refractivity contribution in [2.75, 3.05) is 26.2 Å². The molecule has 6 nitrogen and oxygen atoms in total. The van der Waals surface area contributed by atoms with Crippen molar-refractivity contribution in [1.29, 1.82) is 0 Å². The minimum atomic E-state index is -0.0148. The highest BCUT2D eigenvalue weighted by Gasteiger charge is 2.65. The Morgan fingerprint density at radius 3 is 2.84 bits per heavy atom. The zero-order chi connectivity index (χ0) is 21.7. The Kier molecular flexibility index (Phi) is 4.14. The van der Waals surface area contributed by atoms with Gasteiger partial charge < -0.3 is 18.9 Å². The summed E-state index contributed by atoms with van der Waals surface area (Å²) in [6.07, 6.45) is 7.00. The minimum absolute atomic E-state index is 0.0148. The van der Waals surface area contributed by atoms with Crippen LogP contribution in [0, 0.1) is 29.1 Å². The lowest BCUT2D eigenvalue weighted by Gasteiger charge is -2.52. The number of rotatable bonds is 2. The van der Waals surface area contributed by atoms with E-state index >= 15 is 0 Å². The van der Waals surface area contributed by atoms with Crippen LogP contribution < -0.4 is 5.56 Å². The molecule has 3 saturated heterocycles. The number of carbonyl (C=O) groups is 1. The molecule has 6 aliphatic rings. The summed E-state index contributed by atoms with van der Waals surface area (Å²) in [7, 11) is 0. The van der Waals surface area contributed by atoms with Gasteiger partial charge in [-0.05, 0) is 61.8 Å². The molecule has 0 N–H and O–H groups in total. The number of hydrogen-bond donors (Lipinski definition) is 0. The molecule has 1 aromatic heterocycles. The lowest BCUT2D eigenvalue weighted by Crippen LogP contribution is -2.52. The molecule has 2 bridgehead atoms. The van der Waals surface area contributed by atoms with E-state index in [4.69, 9.17) is 9.47 Å². The fourth-order valence-electron chi connectivity index (χ4n) is 8.59. The number of esters is 1. The van der Waals surface area contributed by atoms with E-state index in [1.807, 2.05) is 10.6 Å². The largest absolute Gasteiger partial charge is 0.462 e. The van der Waals surface area contributed by atoms with Crippen LogP contribution in [-0.2, 0) is 20.8 Å². The first-order valence-corrected chi connectivity index (χ1v) is 12.7.